The number of allylic oxidation sites excluding steroid dienone is 1. The fraction of sp³-hybridized carbons (Fsp3) is 0.800. The molecule has 0 saturated carbocycles. The molecule has 0 radical (unpaired) electrons. The van der Waals surface area contributed by atoms with Crippen LogP contribution in [0.15, 0.2) is 12.2 Å². The van der Waals surface area contributed by atoms with Crippen LogP contribution in [0.2, 0.25) is 0 Å². The quantitative estimate of drug-likeness (QED) is 0.281. The lowest BCUT2D eigenvalue weighted by atomic mass is 10.0. The Bertz CT molecular complexity index is 163. The average molecular weight is 201 g/mol. The van der Waals surface area contributed by atoms with Crippen molar-refractivity contribution in [3.8, 4) is 0 Å². The topological polar surface area (TPSA) is 70.3 Å². The Morgan fingerprint density at radius 2 is 2.07 bits per heavy atom. The molecule has 0 aliphatic heterocycles. The molecular formula is C10H23N3O. The Morgan fingerprint density at radius 1 is 1.43 bits per heavy atom. The van der Waals surface area contributed by atoms with Gasteiger partial charge in [-0.05, 0) is 33.6 Å². The van der Waals surface area contributed by atoms with E-state index in [1.165, 1.54) is 0 Å². The van der Waals surface area contributed by atoms with E-state index in [0.717, 1.165) is 19.4 Å². The first-order valence-electron chi connectivity index (χ1n) is 5.02. The number of hydroxylamine groups is 1. The van der Waals surface area contributed by atoms with E-state index in [4.69, 9.17) is 10.9 Å². The lowest BCUT2D eigenvalue weighted by molar-refractivity contribution is 0.120. The van der Waals surface area contributed by atoms with Crippen molar-refractivity contribution in [2.75, 3.05) is 6.54 Å². The Labute approximate surface area is 86.5 Å². The molecule has 84 valence electrons. The van der Waals surface area contributed by atoms with E-state index in [1.54, 1.807) is 0 Å². The summed E-state index contributed by atoms with van der Waals surface area (Å²) in [6, 6.07) is 0. The first-order chi connectivity index (χ1) is 6.45. The molecule has 0 rings (SSSR count). The second kappa shape index (κ2) is 6.95. The SMILES string of the molecule is CC(NO)NC/C=C\CCC(C)(C)N. The van der Waals surface area contributed by atoms with Crippen LogP contribution < -0.4 is 16.5 Å². The zero-order valence-corrected chi connectivity index (χ0v) is 9.38. The molecule has 1 unspecified atom stereocenters. The molecule has 0 aliphatic rings. The molecule has 0 heterocycles. The molecule has 0 spiro atoms. The number of rotatable bonds is 7. The summed E-state index contributed by atoms with van der Waals surface area (Å²) in [5.41, 5.74) is 7.86. The van der Waals surface area contributed by atoms with Gasteiger partial charge in [0.05, 0.1) is 6.17 Å². The van der Waals surface area contributed by atoms with Crippen LogP contribution in [0, 0.1) is 0 Å². The van der Waals surface area contributed by atoms with Gasteiger partial charge in [0.25, 0.3) is 0 Å². The third-order valence-electron chi connectivity index (χ3n) is 1.86. The van der Waals surface area contributed by atoms with E-state index in [-0.39, 0.29) is 11.7 Å². The van der Waals surface area contributed by atoms with Crippen molar-refractivity contribution in [1.82, 2.24) is 10.8 Å². The van der Waals surface area contributed by atoms with Gasteiger partial charge >= 0.3 is 0 Å². The average Bonchev–Trinajstić information content (AvgIpc) is 2.08. The van der Waals surface area contributed by atoms with Crippen LogP contribution in [-0.2, 0) is 0 Å². The Balaban J connectivity index is 3.37. The van der Waals surface area contributed by atoms with E-state index in [1.807, 2.05) is 26.8 Å². The fourth-order valence-electron chi connectivity index (χ4n) is 0.947. The van der Waals surface area contributed by atoms with Gasteiger partial charge in [-0.3, -0.25) is 5.32 Å². The maximum Gasteiger partial charge on any atom is 0.0783 e. The van der Waals surface area contributed by atoms with Crippen LogP contribution >= 0.6 is 0 Å². The van der Waals surface area contributed by atoms with Crippen molar-refractivity contribution in [3.63, 3.8) is 0 Å². The summed E-state index contributed by atoms with van der Waals surface area (Å²) in [5.74, 6) is 0. The summed E-state index contributed by atoms with van der Waals surface area (Å²) >= 11 is 0. The Morgan fingerprint density at radius 3 is 2.57 bits per heavy atom. The van der Waals surface area contributed by atoms with Crippen molar-refractivity contribution >= 4 is 0 Å². The summed E-state index contributed by atoms with van der Waals surface area (Å²) in [6.45, 7) is 6.64. The van der Waals surface area contributed by atoms with Crippen LogP contribution in [0.4, 0.5) is 0 Å². The molecule has 4 heteroatoms. The van der Waals surface area contributed by atoms with Crippen LogP contribution in [-0.4, -0.2) is 23.5 Å². The molecule has 1 atom stereocenters. The molecule has 0 aromatic heterocycles. The number of nitrogens with two attached hydrogens (primary N) is 1. The lowest BCUT2D eigenvalue weighted by Crippen LogP contribution is -2.37. The predicted molar refractivity (Wildman–Crippen MR) is 59.0 cm³/mol. The van der Waals surface area contributed by atoms with Gasteiger partial charge in [0, 0.05) is 12.1 Å². The molecular weight excluding hydrogens is 178 g/mol. The largest absolute Gasteiger partial charge is 0.326 e. The van der Waals surface area contributed by atoms with E-state index in [9.17, 15) is 0 Å². The van der Waals surface area contributed by atoms with Crippen molar-refractivity contribution in [2.24, 2.45) is 5.73 Å². The molecule has 0 bridgehead atoms. The predicted octanol–water partition coefficient (Wildman–Crippen LogP) is 0.974. The highest BCUT2D eigenvalue weighted by atomic mass is 16.5. The highest BCUT2D eigenvalue weighted by Crippen LogP contribution is 2.06. The highest BCUT2D eigenvalue weighted by molar-refractivity contribution is 4.87. The van der Waals surface area contributed by atoms with Crippen LogP contribution in [0.1, 0.15) is 33.6 Å². The van der Waals surface area contributed by atoms with Gasteiger partial charge in [-0.25, -0.2) is 0 Å². The third-order valence-corrected chi connectivity index (χ3v) is 1.86. The molecule has 4 nitrogen and oxygen atoms in total. The monoisotopic (exact) mass is 201 g/mol. The second-order valence-corrected chi connectivity index (χ2v) is 4.26. The van der Waals surface area contributed by atoms with E-state index in [0.29, 0.717) is 0 Å². The van der Waals surface area contributed by atoms with Crippen LogP contribution in [0.5, 0.6) is 0 Å². The summed E-state index contributed by atoms with van der Waals surface area (Å²) < 4.78 is 0. The smallest absolute Gasteiger partial charge is 0.0783 e. The van der Waals surface area contributed by atoms with Crippen molar-refractivity contribution in [2.45, 2.75) is 45.3 Å². The minimum absolute atomic E-state index is 0.0781. The Kier molecular flexibility index (Phi) is 6.74. The molecule has 0 saturated heterocycles. The number of hydrogen-bond donors (Lipinski definition) is 4. The van der Waals surface area contributed by atoms with Crippen LogP contribution in [0.25, 0.3) is 0 Å². The first kappa shape index (κ1) is 13.6. The van der Waals surface area contributed by atoms with E-state index in [2.05, 4.69) is 16.9 Å². The van der Waals surface area contributed by atoms with Gasteiger partial charge in [-0.1, -0.05) is 12.2 Å². The highest BCUT2D eigenvalue weighted by Gasteiger charge is 2.07. The molecule has 0 aromatic rings. The number of nitrogens with one attached hydrogen (secondary N) is 2. The zero-order valence-electron chi connectivity index (χ0n) is 9.38. The second-order valence-electron chi connectivity index (χ2n) is 4.26. The molecule has 0 fully saturated rings. The summed E-state index contributed by atoms with van der Waals surface area (Å²) in [6.07, 6.45) is 6.04. The van der Waals surface area contributed by atoms with Crippen molar-refractivity contribution in [1.29, 1.82) is 0 Å². The van der Waals surface area contributed by atoms with Gasteiger partial charge < -0.3 is 10.9 Å². The van der Waals surface area contributed by atoms with Gasteiger partial charge in [0.15, 0.2) is 0 Å². The van der Waals surface area contributed by atoms with Crippen LogP contribution in [0.3, 0.4) is 0 Å². The standard InChI is InChI=1S/C10H23N3O/c1-9(13-14)12-8-6-4-5-7-10(2,3)11/h4,6,9,12-14H,5,7-8,11H2,1-3H3/b6-4-. The molecule has 14 heavy (non-hydrogen) atoms. The minimum Gasteiger partial charge on any atom is -0.326 e. The Hall–Kier alpha value is -0.420. The molecule has 0 aromatic carbocycles. The van der Waals surface area contributed by atoms with Gasteiger partial charge in [-0.15, -0.1) is 0 Å². The van der Waals surface area contributed by atoms with Gasteiger partial charge in [0.2, 0.25) is 0 Å². The van der Waals surface area contributed by atoms with E-state index < -0.39 is 0 Å². The summed E-state index contributed by atoms with van der Waals surface area (Å²) in [7, 11) is 0. The zero-order chi connectivity index (χ0) is 11.0. The molecule has 5 N–H and O–H groups in total. The maximum atomic E-state index is 8.49. The normalized spacial score (nSPS) is 14.9. The van der Waals surface area contributed by atoms with Gasteiger partial charge in [0.1, 0.15) is 0 Å². The van der Waals surface area contributed by atoms with E-state index >= 15 is 0 Å². The molecule has 0 aliphatic carbocycles. The summed E-state index contributed by atoms with van der Waals surface area (Å²) in [5, 5.41) is 11.5. The minimum atomic E-state index is -0.0856. The number of hydrogen-bond acceptors (Lipinski definition) is 4. The molecule has 0 amide bonds. The van der Waals surface area contributed by atoms with Crippen molar-refractivity contribution < 1.29 is 5.21 Å². The van der Waals surface area contributed by atoms with Gasteiger partial charge in [-0.2, -0.15) is 5.48 Å². The van der Waals surface area contributed by atoms with Crippen molar-refractivity contribution in [3.05, 3.63) is 12.2 Å². The maximum absolute atomic E-state index is 8.49. The summed E-state index contributed by atoms with van der Waals surface area (Å²) in [4.78, 5) is 0. The lowest BCUT2D eigenvalue weighted by Gasteiger charge is -2.16. The first-order valence-corrected chi connectivity index (χ1v) is 5.02. The third kappa shape index (κ3) is 9.67. The fourth-order valence-corrected chi connectivity index (χ4v) is 0.947.